The van der Waals surface area contributed by atoms with Gasteiger partial charge in [0, 0.05) is 25.7 Å². The van der Waals surface area contributed by atoms with E-state index in [0.29, 0.717) is 18.7 Å². The van der Waals surface area contributed by atoms with Crippen molar-refractivity contribution in [3.8, 4) is 0 Å². The minimum atomic E-state index is -0.454. The standard InChI is InChI=1S/C14H21N3O2/c1-3-11(8-15)14(19)17(2)9-10-4-6-12(7-5-10)13(16)18/h4-7,11H,3,8-9,15H2,1-2H3,(H2,16,18). The van der Waals surface area contributed by atoms with Crippen LogP contribution in [0.5, 0.6) is 0 Å². The van der Waals surface area contributed by atoms with Crippen LogP contribution in [0.3, 0.4) is 0 Å². The largest absolute Gasteiger partial charge is 0.366 e. The lowest BCUT2D eigenvalue weighted by Gasteiger charge is -2.22. The highest BCUT2D eigenvalue weighted by Gasteiger charge is 2.18. The lowest BCUT2D eigenvalue weighted by atomic mass is 10.0. The van der Waals surface area contributed by atoms with Crippen molar-refractivity contribution in [1.82, 2.24) is 4.90 Å². The van der Waals surface area contributed by atoms with Crippen LogP contribution in [0.15, 0.2) is 24.3 Å². The van der Waals surface area contributed by atoms with Crippen LogP contribution in [-0.2, 0) is 11.3 Å². The van der Waals surface area contributed by atoms with Crippen molar-refractivity contribution in [2.45, 2.75) is 19.9 Å². The van der Waals surface area contributed by atoms with Crippen molar-refractivity contribution in [2.24, 2.45) is 17.4 Å². The number of carbonyl (C=O) groups is 2. The Morgan fingerprint density at radius 2 is 1.84 bits per heavy atom. The van der Waals surface area contributed by atoms with Gasteiger partial charge in [-0.05, 0) is 24.1 Å². The van der Waals surface area contributed by atoms with Crippen molar-refractivity contribution >= 4 is 11.8 Å². The van der Waals surface area contributed by atoms with Gasteiger partial charge in [0.15, 0.2) is 0 Å². The monoisotopic (exact) mass is 263 g/mol. The molecule has 0 radical (unpaired) electrons. The maximum atomic E-state index is 12.1. The van der Waals surface area contributed by atoms with Gasteiger partial charge in [-0.1, -0.05) is 19.1 Å². The molecule has 1 atom stereocenters. The molecule has 1 rings (SSSR count). The Balaban J connectivity index is 2.68. The summed E-state index contributed by atoms with van der Waals surface area (Å²) >= 11 is 0. The highest BCUT2D eigenvalue weighted by molar-refractivity contribution is 5.92. The smallest absolute Gasteiger partial charge is 0.248 e. The summed E-state index contributed by atoms with van der Waals surface area (Å²) in [4.78, 5) is 24.7. The lowest BCUT2D eigenvalue weighted by molar-refractivity contribution is -0.134. The Hall–Kier alpha value is -1.88. The molecule has 104 valence electrons. The molecule has 0 heterocycles. The van der Waals surface area contributed by atoms with E-state index in [1.165, 1.54) is 0 Å². The van der Waals surface area contributed by atoms with Crippen molar-refractivity contribution < 1.29 is 9.59 Å². The zero-order valence-electron chi connectivity index (χ0n) is 11.4. The van der Waals surface area contributed by atoms with Crippen molar-refractivity contribution in [2.75, 3.05) is 13.6 Å². The fourth-order valence-corrected chi connectivity index (χ4v) is 1.88. The van der Waals surface area contributed by atoms with Gasteiger partial charge in [0.2, 0.25) is 11.8 Å². The van der Waals surface area contributed by atoms with Gasteiger partial charge in [-0.2, -0.15) is 0 Å². The van der Waals surface area contributed by atoms with Crippen LogP contribution < -0.4 is 11.5 Å². The summed E-state index contributed by atoms with van der Waals surface area (Å²) in [6.45, 7) is 2.81. The minimum absolute atomic E-state index is 0.0453. The fourth-order valence-electron chi connectivity index (χ4n) is 1.88. The number of amides is 2. The molecule has 2 amide bonds. The Labute approximate surface area is 113 Å². The topological polar surface area (TPSA) is 89.4 Å². The van der Waals surface area contributed by atoms with Crippen molar-refractivity contribution in [3.05, 3.63) is 35.4 Å². The van der Waals surface area contributed by atoms with E-state index in [2.05, 4.69) is 0 Å². The third-order valence-electron chi connectivity index (χ3n) is 3.16. The molecule has 0 fully saturated rings. The molecule has 5 nitrogen and oxygen atoms in total. The first-order valence-corrected chi connectivity index (χ1v) is 6.33. The SMILES string of the molecule is CCC(CN)C(=O)N(C)Cc1ccc(C(N)=O)cc1. The number of carbonyl (C=O) groups excluding carboxylic acids is 2. The van der Waals surface area contributed by atoms with Crippen LogP contribution in [0.1, 0.15) is 29.3 Å². The summed E-state index contributed by atoms with van der Waals surface area (Å²) in [5, 5.41) is 0. The molecule has 0 saturated carbocycles. The van der Waals surface area contributed by atoms with Gasteiger partial charge in [-0.15, -0.1) is 0 Å². The maximum Gasteiger partial charge on any atom is 0.248 e. The predicted molar refractivity (Wildman–Crippen MR) is 74.3 cm³/mol. The van der Waals surface area contributed by atoms with E-state index < -0.39 is 5.91 Å². The van der Waals surface area contributed by atoms with Crippen LogP contribution in [0, 0.1) is 5.92 Å². The van der Waals surface area contributed by atoms with Gasteiger partial charge in [0.25, 0.3) is 0 Å². The summed E-state index contributed by atoms with van der Waals surface area (Å²) in [5.41, 5.74) is 12.2. The van der Waals surface area contributed by atoms with E-state index in [-0.39, 0.29) is 11.8 Å². The molecule has 0 aliphatic heterocycles. The minimum Gasteiger partial charge on any atom is -0.366 e. The molecule has 19 heavy (non-hydrogen) atoms. The molecule has 1 aromatic carbocycles. The van der Waals surface area contributed by atoms with Crippen LogP contribution >= 0.6 is 0 Å². The first kappa shape index (κ1) is 15.2. The second-order valence-electron chi connectivity index (χ2n) is 4.60. The zero-order valence-corrected chi connectivity index (χ0v) is 11.4. The predicted octanol–water partition coefficient (Wildman–Crippen LogP) is 0.729. The summed E-state index contributed by atoms with van der Waals surface area (Å²) in [6.07, 6.45) is 0.736. The van der Waals surface area contributed by atoms with E-state index in [1.807, 2.05) is 6.92 Å². The average Bonchev–Trinajstić information content (AvgIpc) is 2.40. The van der Waals surface area contributed by atoms with Gasteiger partial charge >= 0.3 is 0 Å². The molecule has 1 unspecified atom stereocenters. The number of nitrogens with zero attached hydrogens (tertiary/aromatic N) is 1. The normalized spacial score (nSPS) is 11.9. The Kier molecular flexibility index (Phi) is 5.51. The summed E-state index contributed by atoms with van der Waals surface area (Å²) in [7, 11) is 1.75. The number of rotatable bonds is 6. The van der Waals surface area contributed by atoms with Gasteiger partial charge in [-0.25, -0.2) is 0 Å². The maximum absolute atomic E-state index is 12.1. The van der Waals surface area contributed by atoms with E-state index in [9.17, 15) is 9.59 Å². The summed E-state index contributed by atoms with van der Waals surface area (Å²) in [5.74, 6) is -0.538. The number of hydrogen-bond donors (Lipinski definition) is 2. The van der Waals surface area contributed by atoms with Crippen molar-refractivity contribution in [3.63, 3.8) is 0 Å². The first-order chi connectivity index (χ1) is 8.99. The molecule has 0 spiro atoms. The number of hydrogen-bond acceptors (Lipinski definition) is 3. The van der Waals surface area contributed by atoms with Gasteiger partial charge in [0.05, 0.1) is 5.92 Å². The van der Waals surface area contributed by atoms with Crippen LogP contribution in [-0.4, -0.2) is 30.3 Å². The molecule has 4 N–H and O–H groups in total. The molecule has 0 aliphatic carbocycles. The van der Waals surface area contributed by atoms with Gasteiger partial charge in [0.1, 0.15) is 0 Å². The quantitative estimate of drug-likeness (QED) is 0.792. The molecular formula is C14H21N3O2. The lowest BCUT2D eigenvalue weighted by Crippen LogP contribution is -2.35. The molecule has 0 bridgehead atoms. The Bertz CT molecular complexity index is 439. The molecule has 0 aromatic heterocycles. The van der Waals surface area contributed by atoms with E-state index in [0.717, 1.165) is 12.0 Å². The van der Waals surface area contributed by atoms with E-state index in [4.69, 9.17) is 11.5 Å². The highest BCUT2D eigenvalue weighted by atomic mass is 16.2. The number of primary amides is 1. The highest BCUT2D eigenvalue weighted by Crippen LogP contribution is 2.10. The second-order valence-corrected chi connectivity index (χ2v) is 4.60. The third kappa shape index (κ3) is 4.06. The molecule has 5 heteroatoms. The van der Waals surface area contributed by atoms with Crippen LogP contribution in [0.4, 0.5) is 0 Å². The van der Waals surface area contributed by atoms with Gasteiger partial charge in [-0.3, -0.25) is 9.59 Å². The number of benzene rings is 1. The average molecular weight is 263 g/mol. The van der Waals surface area contributed by atoms with Crippen LogP contribution in [0.2, 0.25) is 0 Å². The second kappa shape index (κ2) is 6.89. The molecular weight excluding hydrogens is 242 g/mol. The fraction of sp³-hybridized carbons (Fsp3) is 0.429. The zero-order chi connectivity index (χ0) is 14.4. The third-order valence-corrected chi connectivity index (χ3v) is 3.16. The Morgan fingerprint density at radius 3 is 2.26 bits per heavy atom. The molecule has 0 saturated heterocycles. The van der Waals surface area contributed by atoms with E-state index in [1.54, 1.807) is 36.2 Å². The first-order valence-electron chi connectivity index (χ1n) is 6.33. The summed E-state index contributed by atoms with van der Waals surface area (Å²) in [6, 6.07) is 6.92. The van der Waals surface area contributed by atoms with Crippen LogP contribution in [0.25, 0.3) is 0 Å². The van der Waals surface area contributed by atoms with E-state index >= 15 is 0 Å². The molecule has 1 aromatic rings. The number of nitrogens with two attached hydrogens (primary N) is 2. The van der Waals surface area contributed by atoms with Crippen molar-refractivity contribution in [1.29, 1.82) is 0 Å². The Morgan fingerprint density at radius 1 is 1.26 bits per heavy atom. The van der Waals surface area contributed by atoms with Gasteiger partial charge < -0.3 is 16.4 Å². The molecule has 0 aliphatic rings. The summed E-state index contributed by atoms with van der Waals surface area (Å²) < 4.78 is 0.